The summed E-state index contributed by atoms with van der Waals surface area (Å²) in [6.45, 7) is 6.90. The third-order valence-corrected chi connectivity index (χ3v) is 6.09. The second kappa shape index (κ2) is 8.84. The molecule has 5 heteroatoms. The highest BCUT2D eigenvalue weighted by Crippen LogP contribution is 2.22. The Bertz CT molecular complexity index is 1100. The zero-order valence-corrected chi connectivity index (χ0v) is 17.7. The molecule has 3 aromatic rings. The van der Waals surface area contributed by atoms with Crippen LogP contribution >= 0.6 is 0 Å². The van der Waals surface area contributed by atoms with Gasteiger partial charge in [-0.1, -0.05) is 56.3 Å². The van der Waals surface area contributed by atoms with Crippen LogP contribution in [0.15, 0.2) is 59.4 Å². The maximum absolute atomic E-state index is 12.6. The largest absolute Gasteiger partial charge is 0.354 e. The molecule has 1 aromatic heterocycles. The number of aromatic amines is 1. The van der Waals surface area contributed by atoms with Crippen LogP contribution in [0.4, 0.5) is 0 Å². The van der Waals surface area contributed by atoms with Crippen LogP contribution in [0.5, 0.6) is 0 Å². The summed E-state index contributed by atoms with van der Waals surface area (Å²) in [6.07, 6.45) is 1.13. The Hall–Kier alpha value is -2.92. The van der Waals surface area contributed by atoms with E-state index in [1.54, 1.807) is 0 Å². The van der Waals surface area contributed by atoms with E-state index < -0.39 is 0 Å². The molecule has 30 heavy (non-hydrogen) atoms. The summed E-state index contributed by atoms with van der Waals surface area (Å²) in [5, 5.41) is 4.01. The Labute approximate surface area is 177 Å². The van der Waals surface area contributed by atoms with Crippen molar-refractivity contribution in [2.24, 2.45) is 5.92 Å². The van der Waals surface area contributed by atoms with Gasteiger partial charge in [-0.2, -0.15) is 0 Å². The van der Waals surface area contributed by atoms with Gasteiger partial charge in [-0.3, -0.25) is 14.5 Å². The van der Waals surface area contributed by atoms with Crippen LogP contribution in [-0.4, -0.2) is 34.9 Å². The van der Waals surface area contributed by atoms with Gasteiger partial charge in [0.05, 0.1) is 6.42 Å². The monoisotopic (exact) mass is 403 g/mol. The first-order chi connectivity index (χ1) is 14.5. The summed E-state index contributed by atoms with van der Waals surface area (Å²) in [6, 6.07) is 18.3. The lowest BCUT2D eigenvalue weighted by atomic mass is 9.95. The van der Waals surface area contributed by atoms with E-state index in [2.05, 4.69) is 53.3 Å². The standard InChI is InChI=1S/C25H29N3O2/c1-17(2)23(28-12-11-18-7-3-4-9-20(18)16-28)15-26-24(29)14-21-13-19-8-5-6-10-22(19)27-25(21)30/h3-10,13,17,23H,11-12,14-16H2,1-2H3,(H,26,29)(H,27,30)/t23-/m0/s1. The Morgan fingerprint density at radius 1 is 1.10 bits per heavy atom. The summed E-state index contributed by atoms with van der Waals surface area (Å²) in [7, 11) is 0. The minimum atomic E-state index is -0.197. The number of nitrogens with zero attached hydrogens (tertiary/aromatic N) is 1. The number of benzene rings is 2. The van der Waals surface area contributed by atoms with Gasteiger partial charge in [0.15, 0.2) is 0 Å². The van der Waals surface area contributed by atoms with E-state index in [0.29, 0.717) is 18.0 Å². The molecule has 5 nitrogen and oxygen atoms in total. The maximum Gasteiger partial charge on any atom is 0.252 e. The number of H-pyrrole nitrogens is 1. The number of pyridine rings is 1. The van der Waals surface area contributed by atoms with Crippen LogP contribution in [-0.2, 0) is 24.2 Å². The molecule has 1 atom stereocenters. The second-order valence-electron chi connectivity index (χ2n) is 8.49. The molecule has 0 saturated carbocycles. The predicted molar refractivity (Wildman–Crippen MR) is 120 cm³/mol. The van der Waals surface area contributed by atoms with E-state index in [1.165, 1.54) is 11.1 Å². The van der Waals surface area contributed by atoms with E-state index in [4.69, 9.17) is 0 Å². The van der Waals surface area contributed by atoms with Crippen molar-refractivity contribution in [1.29, 1.82) is 0 Å². The molecular weight excluding hydrogens is 374 g/mol. The highest BCUT2D eigenvalue weighted by molar-refractivity contribution is 5.82. The van der Waals surface area contributed by atoms with E-state index in [0.717, 1.165) is 30.4 Å². The molecule has 0 bridgehead atoms. The number of carbonyl (C=O) groups is 1. The fraction of sp³-hybridized carbons (Fsp3) is 0.360. The Kier molecular flexibility index (Phi) is 6.00. The van der Waals surface area contributed by atoms with Gasteiger partial charge >= 0.3 is 0 Å². The van der Waals surface area contributed by atoms with Crippen molar-refractivity contribution >= 4 is 16.8 Å². The first-order valence-corrected chi connectivity index (χ1v) is 10.7. The third kappa shape index (κ3) is 4.46. The molecule has 0 saturated heterocycles. The number of nitrogens with one attached hydrogen (secondary N) is 2. The topological polar surface area (TPSA) is 65.2 Å². The first kappa shape index (κ1) is 20.4. The second-order valence-corrected chi connectivity index (χ2v) is 8.49. The highest BCUT2D eigenvalue weighted by Gasteiger charge is 2.26. The molecule has 0 fully saturated rings. The molecule has 0 radical (unpaired) electrons. The number of amides is 1. The van der Waals surface area contributed by atoms with Gasteiger partial charge in [-0.15, -0.1) is 0 Å². The SMILES string of the molecule is CC(C)[C@H](CNC(=O)Cc1cc2ccccc2[nH]c1=O)N1CCc2ccccc2C1. The average Bonchev–Trinajstić information content (AvgIpc) is 2.74. The molecule has 2 heterocycles. The third-order valence-electron chi connectivity index (χ3n) is 6.09. The van der Waals surface area contributed by atoms with E-state index in [-0.39, 0.29) is 23.9 Å². The number of hydrogen-bond acceptors (Lipinski definition) is 3. The van der Waals surface area contributed by atoms with Crippen molar-refractivity contribution < 1.29 is 4.79 Å². The highest BCUT2D eigenvalue weighted by atomic mass is 16.2. The van der Waals surface area contributed by atoms with Crippen LogP contribution in [0.3, 0.4) is 0 Å². The lowest BCUT2D eigenvalue weighted by Gasteiger charge is -2.38. The molecule has 2 aromatic carbocycles. The molecular formula is C25H29N3O2. The van der Waals surface area contributed by atoms with Gasteiger partial charge in [0.25, 0.3) is 5.56 Å². The van der Waals surface area contributed by atoms with Crippen LogP contribution < -0.4 is 10.9 Å². The Balaban J connectivity index is 1.40. The van der Waals surface area contributed by atoms with Gasteiger partial charge in [0, 0.05) is 36.8 Å². The van der Waals surface area contributed by atoms with Gasteiger partial charge in [0.1, 0.15) is 0 Å². The smallest absolute Gasteiger partial charge is 0.252 e. The molecule has 1 amide bonds. The van der Waals surface area contributed by atoms with Crippen LogP contribution in [0.2, 0.25) is 0 Å². The molecule has 1 aliphatic heterocycles. The summed E-state index contributed by atoms with van der Waals surface area (Å²) >= 11 is 0. The molecule has 4 rings (SSSR count). The minimum absolute atomic E-state index is 0.0911. The number of carbonyl (C=O) groups excluding carboxylic acids is 1. The molecule has 0 aliphatic carbocycles. The molecule has 1 aliphatic rings. The van der Waals surface area contributed by atoms with Crippen molar-refractivity contribution in [1.82, 2.24) is 15.2 Å². The first-order valence-electron chi connectivity index (χ1n) is 10.7. The van der Waals surface area contributed by atoms with Crippen LogP contribution in [0.25, 0.3) is 10.9 Å². The number of hydrogen-bond donors (Lipinski definition) is 2. The zero-order chi connectivity index (χ0) is 21.1. The van der Waals surface area contributed by atoms with Crippen molar-refractivity contribution in [3.05, 3.63) is 81.6 Å². The number of aromatic nitrogens is 1. The van der Waals surface area contributed by atoms with Gasteiger partial charge in [0.2, 0.25) is 5.91 Å². The molecule has 2 N–H and O–H groups in total. The van der Waals surface area contributed by atoms with Crippen LogP contribution in [0.1, 0.15) is 30.5 Å². The lowest BCUT2D eigenvalue weighted by molar-refractivity contribution is -0.120. The number of rotatable bonds is 6. The fourth-order valence-electron chi connectivity index (χ4n) is 4.36. The van der Waals surface area contributed by atoms with Crippen molar-refractivity contribution in [2.75, 3.05) is 13.1 Å². The van der Waals surface area contributed by atoms with Crippen molar-refractivity contribution in [3.8, 4) is 0 Å². The van der Waals surface area contributed by atoms with Crippen molar-refractivity contribution in [3.63, 3.8) is 0 Å². The van der Waals surface area contributed by atoms with Gasteiger partial charge in [-0.05, 0) is 41.0 Å². The van der Waals surface area contributed by atoms with E-state index in [9.17, 15) is 9.59 Å². The van der Waals surface area contributed by atoms with Crippen molar-refractivity contribution in [2.45, 2.75) is 39.3 Å². The molecule has 0 spiro atoms. The average molecular weight is 404 g/mol. The van der Waals surface area contributed by atoms with Gasteiger partial charge < -0.3 is 10.3 Å². The Morgan fingerprint density at radius 2 is 1.83 bits per heavy atom. The van der Waals surface area contributed by atoms with Gasteiger partial charge in [-0.25, -0.2) is 0 Å². The molecule has 156 valence electrons. The summed E-state index contributed by atoms with van der Waals surface area (Å²) in [4.78, 5) is 30.3. The van der Waals surface area contributed by atoms with E-state index in [1.807, 2.05) is 30.3 Å². The Morgan fingerprint density at radius 3 is 2.63 bits per heavy atom. The maximum atomic E-state index is 12.6. The zero-order valence-electron chi connectivity index (χ0n) is 17.7. The number of fused-ring (bicyclic) bond motifs is 2. The molecule has 0 unspecified atom stereocenters. The summed E-state index contributed by atoms with van der Waals surface area (Å²) in [5.74, 6) is 0.304. The minimum Gasteiger partial charge on any atom is -0.354 e. The summed E-state index contributed by atoms with van der Waals surface area (Å²) in [5.41, 5.74) is 3.90. The van der Waals surface area contributed by atoms with Crippen LogP contribution in [0, 0.1) is 5.92 Å². The lowest BCUT2D eigenvalue weighted by Crippen LogP contribution is -2.49. The predicted octanol–water partition coefficient (Wildman–Crippen LogP) is 3.27. The summed E-state index contributed by atoms with van der Waals surface area (Å²) < 4.78 is 0. The fourth-order valence-corrected chi connectivity index (χ4v) is 4.36. The van der Waals surface area contributed by atoms with E-state index >= 15 is 0 Å². The normalized spacial score (nSPS) is 15.2. The quantitative estimate of drug-likeness (QED) is 0.664. The number of para-hydroxylation sites is 1.